The Bertz CT molecular complexity index is 1030. The SMILES string of the molecule is O=C(C=Cc1ccccc1)Nc1ccc(S(=O)(=O)Nc2ccccc2)cc1. The number of carbonyl (C=O) groups excluding carboxylic acids is 1. The van der Waals surface area contributed by atoms with Gasteiger partial charge in [0.15, 0.2) is 0 Å². The molecule has 0 aromatic heterocycles. The summed E-state index contributed by atoms with van der Waals surface area (Å²) in [6, 6.07) is 24.1. The monoisotopic (exact) mass is 378 g/mol. The van der Waals surface area contributed by atoms with Gasteiger partial charge in [-0.3, -0.25) is 9.52 Å². The van der Waals surface area contributed by atoms with Crippen LogP contribution in [0.4, 0.5) is 11.4 Å². The third-order valence-corrected chi connectivity index (χ3v) is 5.08. The average Bonchev–Trinajstić information content (AvgIpc) is 2.68. The number of rotatable bonds is 6. The van der Waals surface area contributed by atoms with Gasteiger partial charge in [-0.25, -0.2) is 8.42 Å². The molecule has 0 saturated heterocycles. The fourth-order valence-corrected chi connectivity index (χ4v) is 3.42. The summed E-state index contributed by atoms with van der Waals surface area (Å²) in [5, 5.41) is 2.70. The highest BCUT2D eigenvalue weighted by Crippen LogP contribution is 2.18. The highest BCUT2D eigenvalue weighted by atomic mass is 32.2. The predicted octanol–water partition coefficient (Wildman–Crippen LogP) is 4.14. The lowest BCUT2D eigenvalue weighted by Gasteiger charge is -2.09. The lowest BCUT2D eigenvalue weighted by atomic mass is 10.2. The molecule has 0 radical (unpaired) electrons. The Labute approximate surface area is 158 Å². The molecular formula is C21H18N2O3S. The lowest BCUT2D eigenvalue weighted by molar-refractivity contribution is -0.111. The van der Waals surface area contributed by atoms with Gasteiger partial charge >= 0.3 is 0 Å². The van der Waals surface area contributed by atoms with Crippen molar-refractivity contribution in [2.24, 2.45) is 0 Å². The minimum Gasteiger partial charge on any atom is -0.323 e. The van der Waals surface area contributed by atoms with E-state index in [2.05, 4.69) is 10.0 Å². The average molecular weight is 378 g/mol. The Morgan fingerprint density at radius 3 is 1.96 bits per heavy atom. The van der Waals surface area contributed by atoms with Crippen LogP contribution in [0.5, 0.6) is 0 Å². The quantitative estimate of drug-likeness (QED) is 0.633. The molecule has 5 nitrogen and oxygen atoms in total. The molecule has 3 rings (SSSR count). The van der Waals surface area contributed by atoms with Gasteiger partial charge < -0.3 is 5.32 Å². The zero-order chi connectivity index (χ0) is 19.1. The van der Waals surface area contributed by atoms with Gasteiger partial charge in [0.1, 0.15) is 0 Å². The molecule has 0 bridgehead atoms. The number of hydrogen-bond donors (Lipinski definition) is 2. The second kappa shape index (κ2) is 8.33. The minimum absolute atomic E-state index is 0.115. The zero-order valence-electron chi connectivity index (χ0n) is 14.4. The van der Waals surface area contributed by atoms with Crippen LogP contribution in [0.2, 0.25) is 0 Å². The van der Waals surface area contributed by atoms with E-state index in [4.69, 9.17) is 0 Å². The molecule has 0 aliphatic carbocycles. The molecule has 3 aromatic rings. The third-order valence-electron chi connectivity index (χ3n) is 3.68. The largest absolute Gasteiger partial charge is 0.323 e. The number of nitrogens with one attached hydrogen (secondary N) is 2. The van der Waals surface area contributed by atoms with E-state index >= 15 is 0 Å². The molecule has 0 fully saturated rings. The second-order valence-corrected chi connectivity index (χ2v) is 7.41. The molecule has 0 aliphatic rings. The van der Waals surface area contributed by atoms with E-state index in [9.17, 15) is 13.2 Å². The molecule has 0 unspecified atom stereocenters. The van der Waals surface area contributed by atoms with Crippen molar-refractivity contribution in [1.82, 2.24) is 0 Å². The van der Waals surface area contributed by atoms with E-state index in [1.807, 2.05) is 36.4 Å². The zero-order valence-corrected chi connectivity index (χ0v) is 15.2. The highest BCUT2D eigenvalue weighted by molar-refractivity contribution is 7.92. The van der Waals surface area contributed by atoms with E-state index in [0.717, 1.165) is 5.56 Å². The summed E-state index contributed by atoms with van der Waals surface area (Å²) in [6.45, 7) is 0. The number of amides is 1. The minimum atomic E-state index is -3.68. The Morgan fingerprint density at radius 2 is 1.33 bits per heavy atom. The van der Waals surface area contributed by atoms with Gasteiger partial charge in [-0.15, -0.1) is 0 Å². The van der Waals surface area contributed by atoms with Crippen molar-refractivity contribution in [3.63, 3.8) is 0 Å². The molecule has 0 atom stereocenters. The fourth-order valence-electron chi connectivity index (χ4n) is 2.36. The normalized spacial score (nSPS) is 11.3. The predicted molar refractivity (Wildman–Crippen MR) is 108 cm³/mol. The number of para-hydroxylation sites is 1. The third kappa shape index (κ3) is 5.29. The van der Waals surface area contributed by atoms with Crippen LogP contribution < -0.4 is 10.0 Å². The summed E-state index contributed by atoms with van der Waals surface area (Å²) >= 11 is 0. The molecule has 2 N–H and O–H groups in total. The summed E-state index contributed by atoms with van der Waals surface area (Å²) in [5.74, 6) is -0.295. The van der Waals surface area contributed by atoms with Crippen LogP contribution in [-0.4, -0.2) is 14.3 Å². The van der Waals surface area contributed by atoms with Crippen LogP contribution >= 0.6 is 0 Å². The van der Waals surface area contributed by atoms with Crippen molar-refractivity contribution in [3.8, 4) is 0 Å². The fraction of sp³-hybridized carbons (Fsp3) is 0. The molecule has 3 aromatic carbocycles. The van der Waals surface area contributed by atoms with E-state index in [-0.39, 0.29) is 10.8 Å². The number of anilines is 2. The first-order chi connectivity index (χ1) is 13.0. The van der Waals surface area contributed by atoms with Gasteiger partial charge in [0.05, 0.1) is 4.90 Å². The van der Waals surface area contributed by atoms with Crippen LogP contribution in [0.1, 0.15) is 5.56 Å². The van der Waals surface area contributed by atoms with Crippen molar-refractivity contribution in [1.29, 1.82) is 0 Å². The number of benzene rings is 3. The molecule has 6 heteroatoms. The van der Waals surface area contributed by atoms with Gasteiger partial charge in [0.2, 0.25) is 5.91 Å². The van der Waals surface area contributed by atoms with Crippen molar-refractivity contribution in [2.45, 2.75) is 4.90 Å². The molecule has 1 amide bonds. The Morgan fingerprint density at radius 1 is 0.741 bits per heavy atom. The van der Waals surface area contributed by atoms with Crippen molar-refractivity contribution < 1.29 is 13.2 Å². The number of carbonyl (C=O) groups is 1. The number of hydrogen-bond acceptors (Lipinski definition) is 3. The van der Waals surface area contributed by atoms with Crippen molar-refractivity contribution in [3.05, 3.63) is 96.6 Å². The van der Waals surface area contributed by atoms with Gasteiger partial charge in [-0.2, -0.15) is 0 Å². The van der Waals surface area contributed by atoms with Crippen LogP contribution in [0.15, 0.2) is 95.9 Å². The van der Waals surface area contributed by atoms with E-state index in [1.54, 1.807) is 42.5 Å². The van der Waals surface area contributed by atoms with Crippen molar-refractivity contribution in [2.75, 3.05) is 10.0 Å². The van der Waals surface area contributed by atoms with Gasteiger partial charge in [-0.1, -0.05) is 48.5 Å². The first-order valence-corrected chi connectivity index (χ1v) is 9.73. The van der Waals surface area contributed by atoms with E-state index in [0.29, 0.717) is 11.4 Å². The first kappa shape index (κ1) is 18.4. The Hall–Kier alpha value is -3.38. The summed E-state index contributed by atoms with van der Waals surface area (Å²) in [7, 11) is -3.68. The molecular weight excluding hydrogens is 360 g/mol. The first-order valence-electron chi connectivity index (χ1n) is 8.25. The van der Waals surface area contributed by atoms with Gasteiger partial charge in [0, 0.05) is 17.5 Å². The van der Waals surface area contributed by atoms with Crippen LogP contribution in [-0.2, 0) is 14.8 Å². The van der Waals surface area contributed by atoms with E-state index in [1.165, 1.54) is 18.2 Å². The second-order valence-electron chi connectivity index (χ2n) is 5.73. The van der Waals surface area contributed by atoms with Crippen molar-refractivity contribution >= 4 is 33.4 Å². The van der Waals surface area contributed by atoms with Crippen LogP contribution in [0.25, 0.3) is 6.08 Å². The molecule has 0 saturated carbocycles. The number of sulfonamides is 1. The highest BCUT2D eigenvalue weighted by Gasteiger charge is 2.13. The maximum absolute atomic E-state index is 12.4. The summed E-state index contributed by atoms with van der Waals surface area (Å²) in [4.78, 5) is 12.1. The standard InChI is InChI=1S/C21H18N2O3S/c24-21(16-11-17-7-3-1-4-8-17)22-18-12-14-20(15-13-18)27(25,26)23-19-9-5-2-6-10-19/h1-16,23H,(H,22,24). The lowest BCUT2D eigenvalue weighted by Crippen LogP contribution is -2.13. The Balaban J connectivity index is 1.64. The topological polar surface area (TPSA) is 75.3 Å². The van der Waals surface area contributed by atoms with Crippen LogP contribution in [0, 0.1) is 0 Å². The summed E-state index contributed by atoms with van der Waals surface area (Å²) in [6.07, 6.45) is 3.13. The molecule has 136 valence electrons. The molecule has 0 heterocycles. The molecule has 27 heavy (non-hydrogen) atoms. The maximum atomic E-state index is 12.4. The molecule has 0 spiro atoms. The summed E-state index contributed by atoms with van der Waals surface area (Å²) in [5.41, 5.74) is 1.92. The van der Waals surface area contributed by atoms with Crippen LogP contribution in [0.3, 0.4) is 0 Å². The van der Waals surface area contributed by atoms with Gasteiger partial charge in [0.25, 0.3) is 10.0 Å². The maximum Gasteiger partial charge on any atom is 0.261 e. The Kier molecular flexibility index (Phi) is 5.68. The molecule has 0 aliphatic heterocycles. The van der Waals surface area contributed by atoms with Gasteiger partial charge in [-0.05, 0) is 48.0 Å². The summed E-state index contributed by atoms with van der Waals surface area (Å²) < 4.78 is 27.3. The van der Waals surface area contributed by atoms with E-state index < -0.39 is 10.0 Å². The smallest absolute Gasteiger partial charge is 0.261 e.